The monoisotopic (exact) mass is 383 g/mol. The zero-order valence-corrected chi connectivity index (χ0v) is 15.1. The first-order valence-electron chi connectivity index (χ1n) is 8.57. The lowest BCUT2D eigenvalue weighted by molar-refractivity contribution is -0.138. The summed E-state index contributed by atoms with van der Waals surface area (Å²) in [6.45, 7) is -0.713. The van der Waals surface area contributed by atoms with E-state index >= 15 is 0 Å². The summed E-state index contributed by atoms with van der Waals surface area (Å²) < 4.78 is 12.9. The number of rotatable bonds is 5. The maximum absolute atomic E-state index is 12.9. The standard InChI is InChI=1S/C20H18FN3O4/c1-23(11-17(25)22-15-8-6-14(21)7-9-15)19(27)12-24-18(26)10-13-4-2-3-5-16(13)20(24)28/h2-9H,10-12H2,1H3,(H,22,25). The Balaban J connectivity index is 1.59. The van der Waals surface area contributed by atoms with Crippen molar-refractivity contribution < 1.29 is 23.6 Å². The molecular formula is C20H18FN3O4. The van der Waals surface area contributed by atoms with Gasteiger partial charge in [-0.15, -0.1) is 0 Å². The molecule has 1 N–H and O–H groups in total. The number of nitrogens with zero attached hydrogens (tertiary/aromatic N) is 2. The SMILES string of the molecule is CN(CC(=O)Nc1ccc(F)cc1)C(=O)CN1C(=O)Cc2ccccc2C1=O. The summed E-state index contributed by atoms with van der Waals surface area (Å²) in [5.74, 6) is -2.44. The van der Waals surface area contributed by atoms with Crippen LogP contribution in [-0.2, 0) is 20.8 Å². The summed E-state index contributed by atoms with van der Waals surface area (Å²) in [6, 6.07) is 12.0. The van der Waals surface area contributed by atoms with E-state index < -0.39 is 36.0 Å². The van der Waals surface area contributed by atoms with Crippen molar-refractivity contribution in [2.75, 3.05) is 25.5 Å². The van der Waals surface area contributed by atoms with Gasteiger partial charge < -0.3 is 10.2 Å². The van der Waals surface area contributed by atoms with Gasteiger partial charge in [0.2, 0.25) is 17.7 Å². The van der Waals surface area contributed by atoms with Gasteiger partial charge in [0.05, 0.1) is 13.0 Å². The average molecular weight is 383 g/mol. The molecule has 0 atom stereocenters. The molecular weight excluding hydrogens is 365 g/mol. The maximum atomic E-state index is 12.9. The fraction of sp³-hybridized carbons (Fsp3) is 0.200. The number of nitrogens with one attached hydrogen (secondary N) is 1. The van der Waals surface area contributed by atoms with E-state index in [2.05, 4.69) is 5.32 Å². The number of benzene rings is 2. The molecule has 3 rings (SSSR count). The van der Waals surface area contributed by atoms with E-state index in [0.29, 0.717) is 16.8 Å². The molecule has 0 unspecified atom stereocenters. The number of hydrogen-bond acceptors (Lipinski definition) is 4. The lowest BCUT2D eigenvalue weighted by atomic mass is 9.98. The molecule has 1 aliphatic rings. The van der Waals surface area contributed by atoms with Gasteiger partial charge in [-0.05, 0) is 35.9 Å². The Morgan fingerprint density at radius 3 is 2.50 bits per heavy atom. The molecule has 0 aromatic heterocycles. The van der Waals surface area contributed by atoms with Crippen molar-refractivity contribution in [2.24, 2.45) is 0 Å². The molecule has 0 spiro atoms. The highest BCUT2D eigenvalue weighted by Gasteiger charge is 2.32. The molecule has 4 amide bonds. The minimum atomic E-state index is -0.546. The molecule has 144 valence electrons. The number of halogens is 1. The minimum Gasteiger partial charge on any atom is -0.335 e. The van der Waals surface area contributed by atoms with Gasteiger partial charge >= 0.3 is 0 Å². The van der Waals surface area contributed by atoms with Gasteiger partial charge in [-0.25, -0.2) is 4.39 Å². The number of likely N-dealkylation sites (N-methyl/N-ethyl adjacent to an activating group) is 1. The second-order valence-corrected chi connectivity index (χ2v) is 6.42. The summed E-state index contributed by atoms with van der Waals surface area (Å²) in [5.41, 5.74) is 1.42. The third kappa shape index (κ3) is 4.22. The van der Waals surface area contributed by atoms with Gasteiger partial charge in [0.1, 0.15) is 12.4 Å². The predicted octanol–water partition coefficient (Wildman–Crippen LogP) is 1.45. The summed E-state index contributed by atoms with van der Waals surface area (Å²) in [4.78, 5) is 51.2. The number of fused-ring (bicyclic) bond motifs is 1. The molecule has 28 heavy (non-hydrogen) atoms. The zero-order chi connectivity index (χ0) is 20.3. The third-order valence-corrected chi connectivity index (χ3v) is 4.36. The van der Waals surface area contributed by atoms with Gasteiger partial charge in [-0.2, -0.15) is 0 Å². The number of carbonyl (C=O) groups excluding carboxylic acids is 4. The molecule has 2 aromatic carbocycles. The van der Waals surface area contributed by atoms with Crippen LogP contribution in [0.1, 0.15) is 15.9 Å². The Hall–Kier alpha value is -3.55. The van der Waals surface area contributed by atoms with E-state index in [0.717, 1.165) is 9.80 Å². The van der Waals surface area contributed by atoms with Crippen LogP contribution in [0.5, 0.6) is 0 Å². The molecule has 0 radical (unpaired) electrons. The Morgan fingerprint density at radius 1 is 1.11 bits per heavy atom. The van der Waals surface area contributed by atoms with E-state index in [1.807, 2.05) is 0 Å². The normalized spacial score (nSPS) is 13.1. The first-order chi connectivity index (χ1) is 13.3. The highest BCUT2D eigenvalue weighted by atomic mass is 19.1. The zero-order valence-electron chi connectivity index (χ0n) is 15.1. The quantitative estimate of drug-likeness (QED) is 0.792. The number of anilines is 1. The van der Waals surface area contributed by atoms with E-state index in [4.69, 9.17) is 0 Å². The molecule has 0 saturated carbocycles. The third-order valence-electron chi connectivity index (χ3n) is 4.36. The van der Waals surface area contributed by atoms with Crippen LogP contribution in [0.25, 0.3) is 0 Å². The van der Waals surface area contributed by atoms with E-state index in [-0.39, 0.29) is 13.0 Å². The van der Waals surface area contributed by atoms with E-state index in [1.54, 1.807) is 24.3 Å². The Bertz CT molecular complexity index is 943. The van der Waals surface area contributed by atoms with Crippen molar-refractivity contribution >= 4 is 29.3 Å². The number of amides is 4. The van der Waals surface area contributed by atoms with Crippen LogP contribution in [-0.4, -0.2) is 53.6 Å². The molecule has 8 heteroatoms. The van der Waals surface area contributed by atoms with Crippen molar-refractivity contribution in [1.29, 1.82) is 0 Å². The van der Waals surface area contributed by atoms with E-state index in [9.17, 15) is 23.6 Å². The molecule has 2 aromatic rings. The molecule has 7 nitrogen and oxygen atoms in total. The summed E-state index contributed by atoms with van der Waals surface area (Å²) in [5, 5.41) is 2.54. The van der Waals surface area contributed by atoms with Crippen LogP contribution in [0.2, 0.25) is 0 Å². The molecule has 0 saturated heterocycles. The number of carbonyl (C=O) groups is 4. The number of imide groups is 1. The van der Waals surface area contributed by atoms with Gasteiger partial charge in [0, 0.05) is 18.3 Å². The van der Waals surface area contributed by atoms with Crippen molar-refractivity contribution in [3.8, 4) is 0 Å². The second-order valence-electron chi connectivity index (χ2n) is 6.42. The van der Waals surface area contributed by atoms with Crippen LogP contribution >= 0.6 is 0 Å². The molecule has 0 bridgehead atoms. The van der Waals surface area contributed by atoms with Crippen LogP contribution < -0.4 is 5.32 Å². The highest BCUT2D eigenvalue weighted by Crippen LogP contribution is 2.19. The Kier molecular flexibility index (Phi) is 5.49. The highest BCUT2D eigenvalue weighted by molar-refractivity contribution is 6.11. The lowest BCUT2D eigenvalue weighted by Gasteiger charge is -2.28. The van der Waals surface area contributed by atoms with Gasteiger partial charge in [-0.3, -0.25) is 24.1 Å². The van der Waals surface area contributed by atoms with Crippen LogP contribution in [0.15, 0.2) is 48.5 Å². The van der Waals surface area contributed by atoms with Crippen molar-refractivity contribution in [3.05, 3.63) is 65.5 Å². The smallest absolute Gasteiger partial charge is 0.261 e. The molecule has 1 heterocycles. The first-order valence-corrected chi connectivity index (χ1v) is 8.57. The summed E-state index contributed by atoms with van der Waals surface area (Å²) in [6.07, 6.45) is 0.0456. The van der Waals surface area contributed by atoms with Gasteiger partial charge in [0.15, 0.2) is 0 Å². The largest absolute Gasteiger partial charge is 0.335 e. The lowest BCUT2D eigenvalue weighted by Crippen LogP contribution is -2.48. The Morgan fingerprint density at radius 2 is 1.79 bits per heavy atom. The van der Waals surface area contributed by atoms with Crippen LogP contribution in [0.3, 0.4) is 0 Å². The fourth-order valence-electron chi connectivity index (χ4n) is 2.85. The summed E-state index contributed by atoms with van der Waals surface area (Å²) >= 11 is 0. The average Bonchev–Trinajstić information content (AvgIpc) is 2.66. The van der Waals surface area contributed by atoms with E-state index in [1.165, 1.54) is 31.3 Å². The second kappa shape index (κ2) is 7.99. The van der Waals surface area contributed by atoms with Crippen molar-refractivity contribution in [1.82, 2.24) is 9.80 Å². The van der Waals surface area contributed by atoms with Crippen LogP contribution in [0, 0.1) is 5.82 Å². The Labute approximate surface area is 160 Å². The van der Waals surface area contributed by atoms with Crippen LogP contribution in [0.4, 0.5) is 10.1 Å². The van der Waals surface area contributed by atoms with Gasteiger partial charge in [-0.1, -0.05) is 18.2 Å². The topological polar surface area (TPSA) is 86.8 Å². The molecule has 0 aliphatic carbocycles. The molecule has 0 fully saturated rings. The fourth-order valence-corrected chi connectivity index (χ4v) is 2.85. The van der Waals surface area contributed by atoms with Crippen molar-refractivity contribution in [2.45, 2.75) is 6.42 Å². The number of hydrogen-bond donors (Lipinski definition) is 1. The molecule has 1 aliphatic heterocycles. The summed E-state index contributed by atoms with van der Waals surface area (Å²) in [7, 11) is 1.40. The van der Waals surface area contributed by atoms with Gasteiger partial charge in [0.25, 0.3) is 5.91 Å². The van der Waals surface area contributed by atoms with Crippen molar-refractivity contribution in [3.63, 3.8) is 0 Å². The predicted molar refractivity (Wildman–Crippen MR) is 98.9 cm³/mol. The first kappa shape index (κ1) is 19.2. The minimum absolute atomic E-state index is 0.0456. The maximum Gasteiger partial charge on any atom is 0.261 e.